The SMILES string of the molecule is COc1ccc(NS(=O)(=O)c2ccc(NS(=O)(=O)c3cc(Cl)c(Cl)cc3Cl)cc2)cc1. The molecule has 0 heterocycles. The van der Waals surface area contributed by atoms with Crippen LogP contribution in [0.3, 0.4) is 0 Å². The Morgan fingerprint density at radius 3 is 1.71 bits per heavy atom. The second-order valence-corrected chi connectivity index (χ2v) is 10.7. The third-order valence-corrected chi connectivity index (χ3v) is 7.99. The molecule has 0 aliphatic rings. The van der Waals surface area contributed by atoms with Crippen LogP contribution in [0.1, 0.15) is 0 Å². The van der Waals surface area contributed by atoms with Crippen LogP contribution in [0.4, 0.5) is 11.4 Å². The van der Waals surface area contributed by atoms with E-state index >= 15 is 0 Å². The molecule has 12 heteroatoms. The summed E-state index contributed by atoms with van der Waals surface area (Å²) in [7, 11) is -6.47. The van der Waals surface area contributed by atoms with E-state index in [0.717, 1.165) is 6.07 Å². The minimum absolute atomic E-state index is 0.0255. The van der Waals surface area contributed by atoms with Crippen molar-refractivity contribution in [1.29, 1.82) is 0 Å². The first-order valence-corrected chi connectivity index (χ1v) is 12.6. The zero-order chi connectivity index (χ0) is 22.8. The number of rotatable bonds is 7. The maximum Gasteiger partial charge on any atom is 0.263 e. The molecule has 0 spiro atoms. The standard InChI is InChI=1S/C19H15Cl3N2O5S2/c1-29-14-6-2-12(3-7-14)23-30(25,26)15-8-4-13(5-9-15)24-31(27,28)19-11-17(21)16(20)10-18(19)22/h2-11,23-24H,1H3. The molecule has 3 rings (SSSR count). The third-order valence-electron chi connectivity index (χ3n) is 4.02. The smallest absolute Gasteiger partial charge is 0.263 e. The molecule has 164 valence electrons. The molecule has 31 heavy (non-hydrogen) atoms. The first-order valence-electron chi connectivity index (χ1n) is 8.46. The fourth-order valence-electron chi connectivity index (χ4n) is 2.50. The van der Waals surface area contributed by atoms with E-state index in [-0.39, 0.29) is 30.5 Å². The van der Waals surface area contributed by atoms with Gasteiger partial charge in [-0.15, -0.1) is 0 Å². The van der Waals surface area contributed by atoms with Gasteiger partial charge in [0.05, 0.1) is 27.1 Å². The second-order valence-electron chi connectivity index (χ2n) is 6.16. The van der Waals surface area contributed by atoms with Crippen LogP contribution in [0.5, 0.6) is 5.75 Å². The lowest BCUT2D eigenvalue weighted by Crippen LogP contribution is -2.15. The largest absolute Gasteiger partial charge is 0.497 e. The Labute approximate surface area is 195 Å². The fraction of sp³-hybridized carbons (Fsp3) is 0.0526. The summed E-state index contributed by atoms with van der Waals surface area (Å²) in [4.78, 5) is -0.319. The van der Waals surface area contributed by atoms with E-state index in [0.29, 0.717) is 11.4 Å². The summed E-state index contributed by atoms with van der Waals surface area (Å²) in [5.74, 6) is 0.585. The number of anilines is 2. The quantitative estimate of drug-likeness (QED) is 0.413. The van der Waals surface area contributed by atoms with Crippen molar-refractivity contribution in [2.75, 3.05) is 16.6 Å². The van der Waals surface area contributed by atoms with Crippen molar-refractivity contribution in [2.24, 2.45) is 0 Å². The Morgan fingerprint density at radius 1 is 0.677 bits per heavy atom. The Kier molecular flexibility index (Phi) is 6.92. The first kappa shape index (κ1) is 23.5. The van der Waals surface area contributed by atoms with Gasteiger partial charge < -0.3 is 4.74 Å². The van der Waals surface area contributed by atoms with Gasteiger partial charge in [-0.05, 0) is 60.7 Å². The molecule has 2 N–H and O–H groups in total. The normalized spacial score (nSPS) is 11.7. The van der Waals surface area contributed by atoms with Gasteiger partial charge in [0.15, 0.2) is 0 Å². The highest BCUT2D eigenvalue weighted by atomic mass is 35.5. The Balaban J connectivity index is 1.80. The summed E-state index contributed by atoms with van der Waals surface area (Å²) in [6.07, 6.45) is 0. The van der Waals surface area contributed by atoms with Crippen LogP contribution >= 0.6 is 34.8 Å². The van der Waals surface area contributed by atoms with Gasteiger partial charge in [0.25, 0.3) is 20.0 Å². The van der Waals surface area contributed by atoms with Crippen LogP contribution in [0.15, 0.2) is 70.5 Å². The van der Waals surface area contributed by atoms with E-state index in [1.807, 2.05) is 0 Å². The highest BCUT2D eigenvalue weighted by Crippen LogP contribution is 2.32. The lowest BCUT2D eigenvalue weighted by Gasteiger charge is -2.12. The predicted molar refractivity (Wildman–Crippen MR) is 123 cm³/mol. The van der Waals surface area contributed by atoms with Gasteiger partial charge in [-0.25, -0.2) is 16.8 Å². The summed E-state index contributed by atoms with van der Waals surface area (Å²) in [6.45, 7) is 0. The van der Waals surface area contributed by atoms with Crippen LogP contribution in [-0.2, 0) is 20.0 Å². The molecule has 7 nitrogen and oxygen atoms in total. The molecule has 0 aliphatic carbocycles. The molecule has 0 saturated heterocycles. The summed E-state index contributed by atoms with van der Waals surface area (Å²) in [6, 6.07) is 13.8. The molecule has 0 fully saturated rings. The molecular weight excluding hydrogens is 507 g/mol. The summed E-state index contributed by atoms with van der Waals surface area (Å²) < 4.78 is 60.2. The first-order chi connectivity index (χ1) is 14.5. The molecule has 3 aromatic carbocycles. The number of hydrogen-bond acceptors (Lipinski definition) is 5. The minimum atomic E-state index is -4.09. The number of benzene rings is 3. The Morgan fingerprint density at radius 2 is 1.16 bits per heavy atom. The van der Waals surface area contributed by atoms with E-state index in [2.05, 4.69) is 9.44 Å². The van der Waals surface area contributed by atoms with Gasteiger partial charge in [0.2, 0.25) is 0 Å². The van der Waals surface area contributed by atoms with Crippen molar-refractivity contribution in [1.82, 2.24) is 0 Å². The van der Waals surface area contributed by atoms with Gasteiger partial charge in [0.1, 0.15) is 10.6 Å². The van der Waals surface area contributed by atoms with E-state index in [1.165, 1.54) is 37.4 Å². The predicted octanol–water partition coefficient (Wildman–Crippen LogP) is 5.26. The fourth-order valence-corrected chi connectivity index (χ4v) is 5.62. The van der Waals surface area contributed by atoms with E-state index in [9.17, 15) is 16.8 Å². The van der Waals surface area contributed by atoms with Crippen LogP contribution in [0, 0.1) is 0 Å². The molecule has 0 radical (unpaired) electrons. The van der Waals surface area contributed by atoms with Crippen LogP contribution in [0.25, 0.3) is 0 Å². The van der Waals surface area contributed by atoms with Crippen molar-refractivity contribution >= 4 is 66.2 Å². The van der Waals surface area contributed by atoms with E-state index < -0.39 is 20.0 Å². The molecule has 0 saturated carbocycles. The highest BCUT2D eigenvalue weighted by molar-refractivity contribution is 7.93. The lowest BCUT2D eigenvalue weighted by atomic mass is 10.3. The average Bonchev–Trinajstić information content (AvgIpc) is 2.71. The number of halogens is 3. The topological polar surface area (TPSA) is 102 Å². The van der Waals surface area contributed by atoms with Crippen LogP contribution < -0.4 is 14.2 Å². The van der Waals surface area contributed by atoms with Gasteiger partial charge in [0, 0.05) is 11.4 Å². The summed E-state index contributed by atoms with van der Waals surface area (Å²) in [5.41, 5.74) is 0.477. The molecule has 0 aliphatic heterocycles. The number of sulfonamides is 2. The molecule has 0 aromatic heterocycles. The van der Waals surface area contributed by atoms with Crippen molar-refractivity contribution in [3.05, 3.63) is 75.7 Å². The zero-order valence-corrected chi connectivity index (χ0v) is 19.7. The number of ether oxygens (including phenoxy) is 1. The lowest BCUT2D eigenvalue weighted by molar-refractivity contribution is 0.415. The number of nitrogens with one attached hydrogen (secondary N) is 2. The van der Waals surface area contributed by atoms with E-state index in [4.69, 9.17) is 39.5 Å². The molecule has 0 unspecified atom stereocenters. The maximum absolute atomic E-state index is 12.6. The van der Waals surface area contributed by atoms with Crippen molar-refractivity contribution < 1.29 is 21.6 Å². The van der Waals surface area contributed by atoms with Crippen molar-refractivity contribution in [3.63, 3.8) is 0 Å². The van der Waals surface area contributed by atoms with Gasteiger partial charge in [-0.2, -0.15) is 0 Å². The van der Waals surface area contributed by atoms with Crippen LogP contribution in [-0.4, -0.2) is 23.9 Å². The van der Waals surface area contributed by atoms with Gasteiger partial charge in [-0.3, -0.25) is 9.44 Å². The summed E-state index contributed by atoms with van der Waals surface area (Å²) in [5, 5.41) is 0.0341. The zero-order valence-electron chi connectivity index (χ0n) is 15.8. The monoisotopic (exact) mass is 520 g/mol. The highest BCUT2D eigenvalue weighted by Gasteiger charge is 2.21. The van der Waals surface area contributed by atoms with Gasteiger partial charge in [-0.1, -0.05) is 34.8 Å². The molecular formula is C19H15Cl3N2O5S2. The summed E-state index contributed by atoms with van der Waals surface area (Å²) >= 11 is 17.7. The van der Waals surface area contributed by atoms with Gasteiger partial charge >= 0.3 is 0 Å². The minimum Gasteiger partial charge on any atom is -0.497 e. The van der Waals surface area contributed by atoms with E-state index in [1.54, 1.807) is 24.3 Å². The van der Waals surface area contributed by atoms with Crippen molar-refractivity contribution in [3.8, 4) is 5.75 Å². The number of methoxy groups -OCH3 is 1. The molecule has 0 atom stereocenters. The third kappa shape index (κ3) is 5.55. The number of hydrogen-bond donors (Lipinski definition) is 2. The maximum atomic E-state index is 12.6. The Bertz CT molecular complexity index is 1310. The van der Waals surface area contributed by atoms with Crippen LogP contribution in [0.2, 0.25) is 15.1 Å². The molecule has 0 bridgehead atoms. The molecule has 0 amide bonds. The Hall–Kier alpha value is -2.17. The molecule has 3 aromatic rings. The average molecular weight is 522 g/mol. The second kappa shape index (κ2) is 9.13. The van der Waals surface area contributed by atoms with Crippen molar-refractivity contribution in [2.45, 2.75) is 9.79 Å².